The van der Waals surface area contributed by atoms with Crippen LogP contribution in [0.15, 0.2) is 24.3 Å². The summed E-state index contributed by atoms with van der Waals surface area (Å²) < 4.78 is 0. The van der Waals surface area contributed by atoms with Gasteiger partial charge in [0.1, 0.15) is 0 Å². The Morgan fingerprint density at radius 1 is 1.17 bits per heavy atom. The van der Waals surface area contributed by atoms with E-state index in [0.29, 0.717) is 0 Å². The fraction of sp³-hybridized carbons (Fsp3) is 0.533. The van der Waals surface area contributed by atoms with E-state index in [1.54, 1.807) is 6.92 Å². The zero-order valence-corrected chi connectivity index (χ0v) is 12.7. The monoisotopic (exact) mass is 261 g/mol. The molecule has 1 heterocycles. The zero-order chi connectivity index (χ0) is 13.2. The molecule has 1 aliphatic rings. The van der Waals surface area contributed by atoms with Gasteiger partial charge in [-0.25, -0.2) is 0 Å². The summed E-state index contributed by atoms with van der Waals surface area (Å²) in [5, 5.41) is 0. The van der Waals surface area contributed by atoms with Crippen molar-refractivity contribution in [3.8, 4) is 0 Å². The van der Waals surface area contributed by atoms with Gasteiger partial charge in [0.2, 0.25) is 0 Å². The SMILES string of the molecule is CC(=O)c1ccc(CN2CC[Si](C)(C)CC2)cc1. The number of Topliss-reactive ketones (excluding diaryl/α,β-unsaturated/α-hetero) is 1. The van der Waals surface area contributed by atoms with Gasteiger partial charge in [-0.2, -0.15) is 0 Å². The van der Waals surface area contributed by atoms with Crippen molar-refractivity contribution < 1.29 is 4.79 Å². The molecule has 1 aromatic rings. The number of benzene rings is 1. The van der Waals surface area contributed by atoms with Gasteiger partial charge in [-0.3, -0.25) is 9.69 Å². The van der Waals surface area contributed by atoms with Crippen LogP contribution in [-0.4, -0.2) is 31.8 Å². The predicted octanol–water partition coefficient (Wildman–Crippen LogP) is 3.41. The Hall–Kier alpha value is -0.933. The second-order valence-electron chi connectivity index (χ2n) is 6.19. The molecular formula is C15H23NOSi. The molecule has 98 valence electrons. The molecule has 0 aromatic heterocycles. The molecule has 1 aliphatic heterocycles. The molecule has 0 atom stereocenters. The third kappa shape index (κ3) is 3.53. The van der Waals surface area contributed by atoms with Crippen LogP contribution in [0.1, 0.15) is 22.8 Å². The number of carbonyl (C=O) groups is 1. The molecule has 0 aliphatic carbocycles. The minimum atomic E-state index is -0.860. The minimum Gasteiger partial charge on any atom is -0.300 e. The van der Waals surface area contributed by atoms with E-state index in [4.69, 9.17) is 0 Å². The second kappa shape index (κ2) is 5.37. The summed E-state index contributed by atoms with van der Waals surface area (Å²) in [7, 11) is -0.860. The Labute approximate surface area is 111 Å². The first kappa shape index (κ1) is 13.5. The first-order valence-electron chi connectivity index (χ1n) is 6.78. The zero-order valence-electron chi connectivity index (χ0n) is 11.7. The van der Waals surface area contributed by atoms with Crippen molar-refractivity contribution in [3.63, 3.8) is 0 Å². The number of rotatable bonds is 3. The van der Waals surface area contributed by atoms with Crippen LogP contribution in [-0.2, 0) is 6.54 Å². The Balaban J connectivity index is 1.92. The molecule has 0 spiro atoms. The van der Waals surface area contributed by atoms with Crippen molar-refractivity contribution in [1.82, 2.24) is 4.90 Å². The molecule has 18 heavy (non-hydrogen) atoms. The maximum atomic E-state index is 11.2. The molecule has 0 N–H and O–H groups in total. The van der Waals surface area contributed by atoms with Crippen LogP contribution in [0, 0.1) is 0 Å². The van der Waals surface area contributed by atoms with Crippen LogP contribution in [0.5, 0.6) is 0 Å². The Bertz CT molecular complexity index is 415. The first-order valence-corrected chi connectivity index (χ1v) is 10.2. The molecule has 0 radical (unpaired) electrons. The number of carbonyl (C=O) groups excluding carboxylic acids is 1. The van der Waals surface area contributed by atoms with Crippen LogP contribution in [0.4, 0.5) is 0 Å². The van der Waals surface area contributed by atoms with Gasteiger partial charge >= 0.3 is 0 Å². The Kier molecular flexibility index (Phi) is 4.03. The van der Waals surface area contributed by atoms with Crippen molar-refractivity contribution in [1.29, 1.82) is 0 Å². The first-order chi connectivity index (χ1) is 8.46. The highest BCUT2D eigenvalue weighted by atomic mass is 28.3. The maximum Gasteiger partial charge on any atom is 0.159 e. The summed E-state index contributed by atoms with van der Waals surface area (Å²) in [6.07, 6.45) is 0. The molecule has 1 fully saturated rings. The van der Waals surface area contributed by atoms with Gasteiger partial charge in [0, 0.05) is 20.2 Å². The van der Waals surface area contributed by atoms with Crippen LogP contribution in [0.3, 0.4) is 0 Å². The minimum absolute atomic E-state index is 0.146. The van der Waals surface area contributed by atoms with Gasteiger partial charge in [0.25, 0.3) is 0 Å². The van der Waals surface area contributed by atoms with E-state index in [2.05, 4.69) is 30.1 Å². The molecule has 0 unspecified atom stereocenters. The quantitative estimate of drug-likeness (QED) is 0.614. The third-order valence-electron chi connectivity index (χ3n) is 3.98. The van der Waals surface area contributed by atoms with E-state index in [9.17, 15) is 4.79 Å². The molecule has 0 amide bonds. The maximum absolute atomic E-state index is 11.2. The standard InChI is InChI=1S/C15H23NOSi/c1-13(17)15-6-4-14(5-7-15)12-16-8-10-18(2,3)11-9-16/h4-7H,8-12H2,1-3H3. The molecule has 0 saturated carbocycles. The lowest BCUT2D eigenvalue weighted by Crippen LogP contribution is -2.42. The fourth-order valence-electron chi connectivity index (χ4n) is 2.42. The molecule has 2 rings (SSSR count). The lowest BCUT2D eigenvalue weighted by molar-refractivity contribution is 0.101. The Morgan fingerprint density at radius 2 is 1.72 bits per heavy atom. The van der Waals surface area contributed by atoms with E-state index in [0.717, 1.165) is 12.1 Å². The van der Waals surface area contributed by atoms with Crippen LogP contribution in [0.25, 0.3) is 0 Å². The Morgan fingerprint density at radius 3 is 2.22 bits per heavy atom. The van der Waals surface area contributed by atoms with Gasteiger partial charge < -0.3 is 0 Å². The lowest BCUT2D eigenvalue weighted by Gasteiger charge is -2.35. The van der Waals surface area contributed by atoms with Gasteiger partial charge in [-0.05, 0) is 37.7 Å². The van der Waals surface area contributed by atoms with Crippen LogP contribution < -0.4 is 0 Å². The van der Waals surface area contributed by atoms with Gasteiger partial charge in [0.15, 0.2) is 5.78 Å². The molecule has 1 saturated heterocycles. The van der Waals surface area contributed by atoms with Crippen molar-refractivity contribution >= 4 is 13.9 Å². The number of hydrogen-bond acceptors (Lipinski definition) is 2. The van der Waals surface area contributed by atoms with E-state index in [1.165, 1.54) is 30.7 Å². The number of hydrogen-bond donors (Lipinski definition) is 0. The summed E-state index contributed by atoms with van der Waals surface area (Å²) in [4.78, 5) is 13.8. The van der Waals surface area contributed by atoms with Crippen molar-refractivity contribution in [2.75, 3.05) is 13.1 Å². The highest BCUT2D eigenvalue weighted by molar-refractivity contribution is 6.77. The molecular weight excluding hydrogens is 238 g/mol. The molecule has 3 heteroatoms. The highest BCUT2D eigenvalue weighted by Gasteiger charge is 2.26. The van der Waals surface area contributed by atoms with Crippen molar-refractivity contribution in [3.05, 3.63) is 35.4 Å². The summed E-state index contributed by atoms with van der Waals surface area (Å²) in [5.41, 5.74) is 2.13. The number of nitrogens with zero attached hydrogens (tertiary/aromatic N) is 1. The van der Waals surface area contributed by atoms with E-state index < -0.39 is 8.07 Å². The largest absolute Gasteiger partial charge is 0.300 e. The van der Waals surface area contributed by atoms with Crippen molar-refractivity contribution in [2.45, 2.75) is 38.7 Å². The van der Waals surface area contributed by atoms with Crippen LogP contribution in [0.2, 0.25) is 25.2 Å². The van der Waals surface area contributed by atoms with Gasteiger partial charge in [-0.15, -0.1) is 0 Å². The van der Waals surface area contributed by atoms with E-state index in [1.807, 2.05) is 12.1 Å². The van der Waals surface area contributed by atoms with Crippen molar-refractivity contribution in [2.24, 2.45) is 0 Å². The number of ketones is 1. The predicted molar refractivity (Wildman–Crippen MR) is 78.8 cm³/mol. The second-order valence-corrected chi connectivity index (χ2v) is 11.5. The molecule has 2 nitrogen and oxygen atoms in total. The molecule has 1 aromatic carbocycles. The van der Waals surface area contributed by atoms with Gasteiger partial charge in [0.05, 0.1) is 0 Å². The van der Waals surface area contributed by atoms with E-state index >= 15 is 0 Å². The summed E-state index contributed by atoms with van der Waals surface area (Å²) in [6.45, 7) is 10.1. The summed E-state index contributed by atoms with van der Waals surface area (Å²) in [6, 6.07) is 10.9. The average Bonchev–Trinajstić information content (AvgIpc) is 2.33. The molecule has 0 bridgehead atoms. The van der Waals surface area contributed by atoms with Gasteiger partial charge in [-0.1, -0.05) is 37.4 Å². The average molecular weight is 261 g/mol. The highest BCUT2D eigenvalue weighted by Crippen LogP contribution is 2.23. The fourth-order valence-corrected chi connectivity index (χ4v) is 4.51. The van der Waals surface area contributed by atoms with E-state index in [-0.39, 0.29) is 5.78 Å². The summed E-state index contributed by atoms with van der Waals surface area (Å²) in [5.74, 6) is 0.146. The lowest BCUT2D eigenvalue weighted by atomic mass is 10.1. The van der Waals surface area contributed by atoms with Crippen LogP contribution >= 0.6 is 0 Å². The normalized spacial score (nSPS) is 19.7. The third-order valence-corrected chi connectivity index (χ3v) is 7.13. The summed E-state index contributed by atoms with van der Waals surface area (Å²) >= 11 is 0. The smallest absolute Gasteiger partial charge is 0.159 e. The topological polar surface area (TPSA) is 20.3 Å².